The normalized spacial score (nSPS) is 23.3. The van der Waals surface area contributed by atoms with Gasteiger partial charge in [0.2, 0.25) is 0 Å². The molecule has 0 bridgehead atoms. The van der Waals surface area contributed by atoms with E-state index in [1.165, 1.54) is 0 Å². The molecule has 2 atom stereocenters. The lowest BCUT2D eigenvalue weighted by atomic mass is 9.90. The van der Waals surface area contributed by atoms with Crippen molar-refractivity contribution >= 4 is 11.8 Å². The van der Waals surface area contributed by atoms with Gasteiger partial charge in [-0.2, -0.15) is 0 Å². The molecule has 7 nitrogen and oxygen atoms in total. The molecule has 2 aromatic rings. The first-order chi connectivity index (χ1) is 15.6. The Hall–Kier alpha value is -2.83. The fraction of sp³-hybridized carbons (Fsp3) is 0.560. The lowest BCUT2D eigenvalue weighted by Crippen LogP contribution is -2.51. The third-order valence-electron chi connectivity index (χ3n) is 6.69. The molecule has 7 heteroatoms. The van der Waals surface area contributed by atoms with E-state index in [0.717, 1.165) is 64.3 Å². The third kappa shape index (κ3) is 5.14. The van der Waals surface area contributed by atoms with Crippen molar-refractivity contribution in [1.82, 2.24) is 19.8 Å². The molecule has 2 aliphatic rings. The van der Waals surface area contributed by atoms with Crippen molar-refractivity contribution in [2.75, 3.05) is 20.1 Å². The summed E-state index contributed by atoms with van der Waals surface area (Å²) in [7, 11) is 1.87. The average molecular weight is 439 g/mol. The highest BCUT2D eigenvalue weighted by Crippen LogP contribution is 2.31. The topological polar surface area (TPSA) is 78.5 Å². The van der Waals surface area contributed by atoms with E-state index in [9.17, 15) is 9.59 Å². The first-order valence-electron chi connectivity index (χ1n) is 12.0. The molecule has 0 radical (unpaired) electrons. The van der Waals surface area contributed by atoms with E-state index in [-0.39, 0.29) is 24.0 Å². The number of rotatable bonds is 1. The molecule has 1 fully saturated rings. The maximum atomic E-state index is 13.4. The van der Waals surface area contributed by atoms with Gasteiger partial charge < -0.3 is 19.5 Å². The van der Waals surface area contributed by atoms with E-state index < -0.39 is 0 Å². The summed E-state index contributed by atoms with van der Waals surface area (Å²) in [5.41, 5.74) is 1.12. The molecule has 1 aromatic heterocycles. The number of imidazole rings is 1. The van der Waals surface area contributed by atoms with Crippen LogP contribution in [-0.2, 0) is 0 Å². The number of hydrogen-bond donors (Lipinski definition) is 1. The van der Waals surface area contributed by atoms with Gasteiger partial charge >= 0.3 is 0 Å². The van der Waals surface area contributed by atoms with Crippen molar-refractivity contribution < 1.29 is 14.3 Å². The molecule has 0 saturated heterocycles. The number of ether oxygens (including phenoxy) is 1. The summed E-state index contributed by atoms with van der Waals surface area (Å²) < 4.78 is 6.53. The zero-order valence-electron chi connectivity index (χ0n) is 19.0. The Morgan fingerprint density at radius 1 is 1.03 bits per heavy atom. The summed E-state index contributed by atoms with van der Waals surface area (Å²) >= 11 is 0. The van der Waals surface area contributed by atoms with Gasteiger partial charge in [-0.15, -0.1) is 0 Å². The molecule has 4 rings (SSSR count). The highest BCUT2D eigenvalue weighted by Gasteiger charge is 2.35. The number of fused-ring (bicyclic) bond motifs is 2. The number of benzene rings is 1. The quantitative estimate of drug-likeness (QED) is 0.721. The number of aromatic nitrogens is 2. The van der Waals surface area contributed by atoms with Gasteiger partial charge in [-0.1, -0.05) is 37.8 Å². The van der Waals surface area contributed by atoms with E-state index in [1.807, 2.05) is 36.2 Å². The Morgan fingerprint density at radius 2 is 1.78 bits per heavy atom. The molecule has 172 valence electrons. The van der Waals surface area contributed by atoms with Crippen molar-refractivity contribution in [3.63, 3.8) is 0 Å². The standard InChI is InChI=1S/C25H34N4O3/c1-28-15-9-3-2-4-10-16-29(25(31)20-17-26-18-27-20)21-12-6-8-14-23(21)32-22-13-7-5-11-19(22)24(28)30/h5,7,11,13,17-18,21,23H,2-4,6,8-10,12,14-16H2,1H3,(H,26,27)/t21-,23+/m1/s1. The molecule has 2 amide bonds. The van der Waals surface area contributed by atoms with Crippen LogP contribution >= 0.6 is 0 Å². The van der Waals surface area contributed by atoms with Crippen molar-refractivity contribution in [3.8, 4) is 5.75 Å². The predicted octanol–water partition coefficient (Wildman–Crippen LogP) is 4.28. The van der Waals surface area contributed by atoms with Crippen molar-refractivity contribution in [2.45, 2.75) is 69.9 Å². The van der Waals surface area contributed by atoms with Crippen LogP contribution in [0.2, 0.25) is 0 Å². The van der Waals surface area contributed by atoms with Crippen LogP contribution < -0.4 is 4.74 Å². The van der Waals surface area contributed by atoms with E-state index in [2.05, 4.69) is 9.97 Å². The predicted molar refractivity (Wildman–Crippen MR) is 123 cm³/mol. The second kappa shape index (κ2) is 10.7. The number of nitrogens with zero attached hydrogens (tertiary/aromatic N) is 3. The highest BCUT2D eigenvalue weighted by atomic mass is 16.5. The minimum absolute atomic E-state index is 0.00627. The number of para-hydroxylation sites is 1. The van der Waals surface area contributed by atoms with Gasteiger partial charge in [0.05, 0.1) is 24.1 Å². The van der Waals surface area contributed by atoms with Crippen LogP contribution in [-0.4, -0.2) is 63.9 Å². The zero-order valence-corrected chi connectivity index (χ0v) is 19.0. The molecule has 1 aromatic carbocycles. The molecule has 1 saturated carbocycles. The van der Waals surface area contributed by atoms with E-state index in [1.54, 1.807) is 17.4 Å². The van der Waals surface area contributed by atoms with Crippen LogP contribution in [0.1, 0.15) is 78.6 Å². The fourth-order valence-corrected chi connectivity index (χ4v) is 4.89. The number of H-pyrrole nitrogens is 1. The van der Waals surface area contributed by atoms with Gasteiger partial charge in [0.1, 0.15) is 17.5 Å². The summed E-state index contributed by atoms with van der Waals surface area (Å²) in [5, 5.41) is 0. The molecule has 1 aliphatic heterocycles. The van der Waals surface area contributed by atoms with Crippen LogP contribution in [0.15, 0.2) is 36.8 Å². The summed E-state index contributed by atoms with van der Waals surface area (Å²) in [4.78, 5) is 37.3. The van der Waals surface area contributed by atoms with E-state index >= 15 is 0 Å². The molecular weight excluding hydrogens is 404 g/mol. The fourth-order valence-electron chi connectivity index (χ4n) is 4.89. The smallest absolute Gasteiger partial charge is 0.272 e. The number of nitrogens with one attached hydrogen (secondary N) is 1. The molecule has 0 unspecified atom stereocenters. The molecule has 0 spiro atoms. The Kier molecular flexibility index (Phi) is 7.45. The van der Waals surface area contributed by atoms with Gasteiger partial charge in [0.15, 0.2) is 0 Å². The van der Waals surface area contributed by atoms with Crippen molar-refractivity contribution in [3.05, 3.63) is 48.0 Å². The highest BCUT2D eigenvalue weighted by molar-refractivity contribution is 5.96. The summed E-state index contributed by atoms with van der Waals surface area (Å²) in [6.07, 6.45) is 12.1. The Balaban J connectivity index is 1.65. The van der Waals surface area contributed by atoms with Crippen LogP contribution in [0.4, 0.5) is 0 Å². The van der Waals surface area contributed by atoms with Gasteiger partial charge in [-0.05, 0) is 44.2 Å². The summed E-state index contributed by atoms with van der Waals surface area (Å²) in [6, 6.07) is 7.49. The second-order valence-electron chi connectivity index (χ2n) is 8.96. The van der Waals surface area contributed by atoms with Crippen LogP contribution in [0, 0.1) is 0 Å². The Bertz CT molecular complexity index is 898. The number of carbonyl (C=O) groups is 2. The lowest BCUT2D eigenvalue weighted by molar-refractivity contribution is 0.0267. The number of carbonyl (C=O) groups excluding carboxylic acids is 2. The molecule has 1 N–H and O–H groups in total. The molecule has 32 heavy (non-hydrogen) atoms. The van der Waals surface area contributed by atoms with Crippen LogP contribution in [0.3, 0.4) is 0 Å². The minimum atomic E-state index is -0.139. The van der Waals surface area contributed by atoms with Crippen molar-refractivity contribution in [1.29, 1.82) is 0 Å². The SMILES string of the molecule is CN1CCCCCCCN(C(=O)c2cnc[nH]2)[C@@H]2CCCC[C@@H]2Oc2ccccc2C1=O. The van der Waals surface area contributed by atoms with Crippen LogP contribution in [0.25, 0.3) is 0 Å². The molecule has 1 aliphatic carbocycles. The summed E-state index contributed by atoms with van der Waals surface area (Å²) in [5.74, 6) is 0.592. The van der Waals surface area contributed by atoms with E-state index in [4.69, 9.17) is 4.74 Å². The molecule has 2 heterocycles. The maximum Gasteiger partial charge on any atom is 0.272 e. The Labute approximate surface area is 190 Å². The lowest BCUT2D eigenvalue weighted by Gasteiger charge is -2.40. The Morgan fingerprint density at radius 3 is 2.59 bits per heavy atom. The first kappa shape index (κ1) is 22.4. The molecular formula is C25H34N4O3. The second-order valence-corrected chi connectivity index (χ2v) is 8.96. The van der Waals surface area contributed by atoms with E-state index in [0.29, 0.717) is 23.6 Å². The number of amides is 2. The zero-order chi connectivity index (χ0) is 22.3. The van der Waals surface area contributed by atoms with Gasteiger partial charge in [0.25, 0.3) is 11.8 Å². The monoisotopic (exact) mass is 438 g/mol. The van der Waals surface area contributed by atoms with Gasteiger partial charge in [-0.3, -0.25) is 9.59 Å². The van der Waals surface area contributed by atoms with Gasteiger partial charge in [0, 0.05) is 20.1 Å². The largest absolute Gasteiger partial charge is 0.487 e. The van der Waals surface area contributed by atoms with Crippen LogP contribution in [0.5, 0.6) is 5.75 Å². The van der Waals surface area contributed by atoms with Gasteiger partial charge in [-0.25, -0.2) is 4.98 Å². The maximum absolute atomic E-state index is 13.4. The number of aromatic amines is 1. The minimum Gasteiger partial charge on any atom is -0.487 e. The number of hydrogen-bond acceptors (Lipinski definition) is 4. The van der Waals surface area contributed by atoms with Crippen molar-refractivity contribution in [2.24, 2.45) is 0 Å². The first-order valence-corrected chi connectivity index (χ1v) is 12.0. The average Bonchev–Trinajstić information content (AvgIpc) is 3.35. The summed E-state index contributed by atoms with van der Waals surface area (Å²) in [6.45, 7) is 1.45. The third-order valence-corrected chi connectivity index (χ3v) is 6.69.